The van der Waals surface area contributed by atoms with Crippen molar-refractivity contribution in [2.45, 2.75) is 71.6 Å². The lowest BCUT2D eigenvalue weighted by Gasteiger charge is -2.17. The van der Waals surface area contributed by atoms with E-state index in [0.717, 1.165) is 44.1 Å². The lowest BCUT2D eigenvalue weighted by atomic mass is 9.99. The summed E-state index contributed by atoms with van der Waals surface area (Å²) in [5, 5.41) is 3.19. The number of allylic oxidation sites excluding steroid dienone is 2. The quantitative estimate of drug-likeness (QED) is 0.490. The van der Waals surface area contributed by atoms with E-state index >= 15 is 0 Å². The van der Waals surface area contributed by atoms with E-state index in [4.69, 9.17) is 9.47 Å². The molecule has 0 aromatic carbocycles. The molecule has 0 aromatic rings. The molecule has 1 aliphatic heterocycles. The Hall–Kier alpha value is -1.29. The molecule has 1 aliphatic rings. The molecule has 0 spiro atoms. The summed E-state index contributed by atoms with van der Waals surface area (Å²) in [6.07, 6.45) is 9.47. The van der Waals surface area contributed by atoms with Crippen molar-refractivity contribution in [3.63, 3.8) is 0 Å². The second kappa shape index (κ2) is 10.4. The number of rotatable bonds is 10. The van der Waals surface area contributed by atoms with Crippen molar-refractivity contribution in [3.8, 4) is 0 Å². The van der Waals surface area contributed by atoms with Crippen LogP contribution in [0.25, 0.3) is 0 Å². The van der Waals surface area contributed by atoms with Crippen LogP contribution in [0.1, 0.15) is 59.3 Å². The maximum Gasteiger partial charge on any atom is 0.309 e. The molecule has 0 bridgehead atoms. The minimum absolute atomic E-state index is 0.00128. The molecule has 4 nitrogen and oxygen atoms in total. The molecular weight excluding hydrogens is 278 g/mol. The van der Waals surface area contributed by atoms with Crippen LogP contribution in [-0.4, -0.2) is 24.9 Å². The second-order valence-corrected chi connectivity index (χ2v) is 6.07. The summed E-state index contributed by atoms with van der Waals surface area (Å²) in [4.78, 5) is 12.1. The van der Waals surface area contributed by atoms with Crippen LogP contribution in [-0.2, 0) is 14.3 Å². The Labute approximate surface area is 134 Å². The molecule has 1 fully saturated rings. The molecule has 2 unspecified atom stereocenters. The van der Waals surface area contributed by atoms with Gasteiger partial charge in [-0.15, -0.1) is 0 Å². The second-order valence-electron chi connectivity index (χ2n) is 6.07. The molecule has 126 valence electrons. The fraction of sp³-hybridized carbons (Fsp3) is 0.722. The molecule has 0 radical (unpaired) electrons. The Kier molecular flexibility index (Phi) is 8.90. The van der Waals surface area contributed by atoms with Gasteiger partial charge < -0.3 is 14.8 Å². The van der Waals surface area contributed by atoms with Crippen molar-refractivity contribution in [2.75, 3.05) is 6.61 Å². The molecule has 22 heavy (non-hydrogen) atoms. The largest absolute Gasteiger partial charge is 0.463 e. The number of hydrogen-bond donors (Lipinski definition) is 1. The van der Waals surface area contributed by atoms with Gasteiger partial charge in [0, 0.05) is 0 Å². The molecule has 4 heteroatoms. The number of carbonyl (C=O) groups is 1. The Morgan fingerprint density at radius 3 is 2.64 bits per heavy atom. The molecule has 1 rings (SSSR count). The zero-order valence-electron chi connectivity index (χ0n) is 14.3. The van der Waals surface area contributed by atoms with Crippen LogP contribution in [0.3, 0.4) is 0 Å². The van der Waals surface area contributed by atoms with Crippen molar-refractivity contribution in [3.05, 3.63) is 24.4 Å². The van der Waals surface area contributed by atoms with Crippen molar-refractivity contribution >= 4 is 5.97 Å². The summed E-state index contributed by atoms with van der Waals surface area (Å²) in [7, 11) is 0. The van der Waals surface area contributed by atoms with Gasteiger partial charge in [-0.3, -0.25) is 4.79 Å². The van der Waals surface area contributed by atoms with E-state index in [0.29, 0.717) is 6.61 Å². The first kappa shape index (κ1) is 18.8. The molecule has 0 aliphatic carbocycles. The van der Waals surface area contributed by atoms with E-state index < -0.39 is 0 Å². The fourth-order valence-electron chi connectivity index (χ4n) is 2.62. The predicted molar refractivity (Wildman–Crippen MR) is 89.2 cm³/mol. The SMILES string of the molecule is C=C(C)/C=C\NC1CCC(COC(=O)C(CCC)CCC)O1. The van der Waals surface area contributed by atoms with Crippen molar-refractivity contribution < 1.29 is 14.3 Å². The van der Waals surface area contributed by atoms with E-state index in [9.17, 15) is 4.79 Å². The van der Waals surface area contributed by atoms with Gasteiger partial charge in [-0.2, -0.15) is 0 Å². The number of nitrogens with one attached hydrogen (secondary N) is 1. The van der Waals surface area contributed by atoms with Crippen LogP contribution in [0.4, 0.5) is 0 Å². The topological polar surface area (TPSA) is 47.6 Å². The summed E-state index contributed by atoms with van der Waals surface area (Å²) in [6.45, 7) is 10.3. The molecule has 0 saturated carbocycles. The van der Waals surface area contributed by atoms with E-state index in [-0.39, 0.29) is 24.2 Å². The van der Waals surface area contributed by atoms with Crippen LogP contribution in [0.2, 0.25) is 0 Å². The maximum absolute atomic E-state index is 12.1. The fourth-order valence-corrected chi connectivity index (χ4v) is 2.62. The molecule has 1 saturated heterocycles. The van der Waals surface area contributed by atoms with E-state index in [1.807, 2.05) is 19.2 Å². The normalized spacial score (nSPS) is 21.5. The lowest BCUT2D eigenvalue weighted by molar-refractivity contribution is -0.153. The molecule has 2 atom stereocenters. The third-order valence-corrected chi connectivity index (χ3v) is 3.78. The van der Waals surface area contributed by atoms with E-state index in [1.165, 1.54) is 0 Å². The van der Waals surface area contributed by atoms with Gasteiger partial charge in [0.1, 0.15) is 12.8 Å². The van der Waals surface area contributed by atoms with Crippen molar-refractivity contribution in [1.82, 2.24) is 5.32 Å². The van der Waals surface area contributed by atoms with Crippen LogP contribution >= 0.6 is 0 Å². The van der Waals surface area contributed by atoms with Gasteiger partial charge in [0.2, 0.25) is 0 Å². The summed E-state index contributed by atoms with van der Waals surface area (Å²) in [5.74, 6) is -0.0188. The van der Waals surface area contributed by atoms with E-state index in [1.54, 1.807) is 0 Å². The highest BCUT2D eigenvalue weighted by molar-refractivity contribution is 5.72. The minimum atomic E-state index is -0.0640. The van der Waals surface area contributed by atoms with Crippen molar-refractivity contribution in [1.29, 1.82) is 0 Å². The first-order valence-electron chi connectivity index (χ1n) is 8.47. The van der Waals surface area contributed by atoms with Crippen LogP contribution in [0.5, 0.6) is 0 Å². The Bertz CT molecular complexity index is 373. The summed E-state index contributed by atoms with van der Waals surface area (Å²) in [6, 6.07) is 0. The van der Waals surface area contributed by atoms with Gasteiger partial charge in [-0.1, -0.05) is 38.8 Å². The lowest BCUT2D eigenvalue weighted by Crippen LogP contribution is -2.27. The highest BCUT2D eigenvalue weighted by atomic mass is 16.6. The smallest absolute Gasteiger partial charge is 0.309 e. The zero-order valence-corrected chi connectivity index (χ0v) is 14.3. The highest BCUT2D eigenvalue weighted by Gasteiger charge is 2.26. The minimum Gasteiger partial charge on any atom is -0.463 e. The third kappa shape index (κ3) is 7.12. The van der Waals surface area contributed by atoms with Crippen LogP contribution < -0.4 is 5.32 Å². The predicted octanol–water partition coefficient (Wildman–Crippen LogP) is 3.93. The molecule has 0 aromatic heterocycles. The molecular formula is C18H31NO3. The van der Waals surface area contributed by atoms with Crippen molar-refractivity contribution in [2.24, 2.45) is 5.92 Å². The van der Waals surface area contributed by atoms with Gasteiger partial charge in [0.05, 0.1) is 12.0 Å². The Morgan fingerprint density at radius 1 is 1.36 bits per heavy atom. The van der Waals surface area contributed by atoms with E-state index in [2.05, 4.69) is 25.7 Å². The number of ether oxygens (including phenoxy) is 2. The highest BCUT2D eigenvalue weighted by Crippen LogP contribution is 2.20. The standard InChI is InChI=1S/C18H31NO3/c1-5-7-15(8-6-2)18(20)21-13-16-9-10-17(22-16)19-12-11-14(3)4/h11-12,15-17,19H,3,5-10,13H2,1-2,4H3/b12-11-. The average molecular weight is 309 g/mol. The number of esters is 1. The summed E-state index contributed by atoms with van der Waals surface area (Å²) >= 11 is 0. The molecule has 1 heterocycles. The van der Waals surface area contributed by atoms with Gasteiger partial charge >= 0.3 is 5.97 Å². The van der Waals surface area contributed by atoms with Gasteiger partial charge in [-0.25, -0.2) is 0 Å². The zero-order chi connectivity index (χ0) is 16.4. The number of carbonyl (C=O) groups excluding carboxylic acids is 1. The number of hydrogen-bond acceptors (Lipinski definition) is 4. The maximum atomic E-state index is 12.1. The third-order valence-electron chi connectivity index (χ3n) is 3.78. The molecule has 0 amide bonds. The Morgan fingerprint density at radius 2 is 2.05 bits per heavy atom. The van der Waals surface area contributed by atoms with Crippen LogP contribution in [0.15, 0.2) is 24.4 Å². The molecule has 1 N–H and O–H groups in total. The monoisotopic (exact) mass is 309 g/mol. The summed E-state index contributed by atoms with van der Waals surface area (Å²) < 4.78 is 11.3. The van der Waals surface area contributed by atoms with Gasteiger partial charge in [-0.05, 0) is 44.9 Å². The summed E-state index contributed by atoms with van der Waals surface area (Å²) in [5.41, 5.74) is 0.994. The van der Waals surface area contributed by atoms with Gasteiger partial charge in [0.15, 0.2) is 0 Å². The first-order valence-corrected chi connectivity index (χ1v) is 8.47. The first-order chi connectivity index (χ1) is 10.6. The average Bonchev–Trinajstić information content (AvgIpc) is 2.92. The Balaban J connectivity index is 2.27. The van der Waals surface area contributed by atoms with Gasteiger partial charge in [0.25, 0.3) is 0 Å². The van der Waals surface area contributed by atoms with Crippen LogP contribution in [0, 0.1) is 5.92 Å².